The van der Waals surface area contributed by atoms with Crippen LogP contribution in [0.1, 0.15) is 17.0 Å². The zero-order valence-corrected chi connectivity index (χ0v) is 18.2. The van der Waals surface area contributed by atoms with Gasteiger partial charge < -0.3 is 9.47 Å². The van der Waals surface area contributed by atoms with E-state index in [9.17, 15) is 4.79 Å². The Bertz CT molecular complexity index is 1360. The van der Waals surface area contributed by atoms with Crippen LogP contribution in [-0.4, -0.2) is 23.8 Å². The van der Waals surface area contributed by atoms with Gasteiger partial charge in [0.1, 0.15) is 5.82 Å². The molecule has 31 heavy (non-hydrogen) atoms. The lowest BCUT2D eigenvalue weighted by molar-refractivity contribution is 0.354. The number of benzene rings is 3. The van der Waals surface area contributed by atoms with Crippen LogP contribution in [0.2, 0.25) is 5.02 Å². The molecule has 0 saturated heterocycles. The number of ether oxygens (including phenoxy) is 2. The van der Waals surface area contributed by atoms with Crippen LogP contribution in [0.3, 0.4) is 0 Å². The van der Waals surface area contributed by atoms with Gasteiger partial charge in [-0.15, -0.1) is 0 Å². The van der Waals surface area contributed by atoms with E-state index in [1.54, 1.807) is 37.0 Å². The van der Waals surface area contributed by atoms with E-state index in [1.807, 2.05) is 61.5 Å². The van der Waals surface area contributed by atoms with E-state index in [0.717, 1.165) is 11.1 Å². The van der Waals surface area contributed by atoms with E-state index in [2.05, 4.69) is 0 Å². The van der Waals surface area contributed by atoms with E-state index in [1.165, 1.54) is 0 Å². The van der Waals surface area contributed by atoms with Crippen molar-refractivity contribution >= 4 is 34.7 Å². The van der Waals surface area contributed by atoms with Gasteiger partial charge in [0.2, 0.25) is 0 Å². The fraction of sp³-hybridized carbons (Fsp3) is 0.120. The van der Waals surface area contributed by atoms with Gasteiger partial charge in [0.15, 0.2) is 11.5 Å². The van der Waals surface area contributed by atoms with Gasteiger partial charge in [0.05, 0.1) is 30.8 Å². The SMILES string of the molecule is COc1cccc(/C=C/c2nc3ccccc3c(=O)n2-c2cccc(Cl)c2C)c1OC. The summed E-state index contributed by atoms with van der Waals surface area (Å²) >= 11 is 6.35. The van der Waals surface area contributed by atoms with Crippen molar-refractivity contribution in [2.75, 3.05) is 14.2 Å². The lowest BCUT2D eigenvalue weighted by Gasteiger charge is -2.15. The molecule has 5 nitrogen and oxygen atoms in total. The minimum absolute atomic E-state index is 0.159. The van der Waals surface area contributed by atoms with Crippen LogP contribution in [0.4, 0.5) is 0 Å². The summed E-state index contributed by atoms with van der Waals surface area (Å²) in [4.78, 5) is 18.2. The molecule has 1 heterocycles. The second-order valence-corrected chi connectivity index (χ2v) is 7.33. The third-order valence-electron chi connectivity index (χ3n) is 5.13. The fourth-order valence-electron chi connectivity index (χ4n) is 3.54. The second-order valence-electron chi connectivity index (χ2n) is 6.93. The highest BCUT2D eigenvalue weighted by Crippen LogP contribution is 2.32. The number of para-hydroxylation sites is 2. The minimum atomic E-state index is -0.159. The summed E-state index contributed by atoms with van der Waals surface area (Å²) in [6, 6.07) is 18.4. The summed E-state index contributed by atoms with van der Waals surface area (Å²) in [7, 11) is 3.19. The van der Waals surface area contributed by atoms with Gasteiger partial charge in [-0.2, -0.15) is 0 Å². The van der Waals surface area contributed by atoms with Crippen molar-refractivity contribution in [2.24, 2.45) is 0 Å². The van der Waals surface area contributed by atoms with Crippen molar-refractivity contribution in [1.82, 2.24) is 9.55 Å². The van der Waals surface area contributed by atoms with E-state index in [0.29, 0.717) is 38.9 Å². The number of halogens is 1. The molecule has 0 spiro atoms. The molecule has 0 radical (unpaired) electrons. The van der Waals surface area contributed by atoms with Crippen LogP contribution in [-0.2, 0) is 0 Å². The lowest BCUT2D eigenvalue weighted by Crippen LogP contribution is -2.23. The molecule has 4 aromatic rings. The van der Waals surface area contributed by atoms with Gasteiger partial charge in [-0.25, -0.2) is 4.98 Å². The van der Waals surface area contributed by atoms with Gasteiger partial charge in [0, 0.05) is 10.6 Å². The minimum Gasteiger partial charge on any atom is -0.493 e. The second kappa shape index (κ2) is 8.66. The van der Waals surface area contributed by atoms with Gasteiger partial charge in [-0.1, -0.05) is 41.9 Å². The Hall–Kier alpha value is -3.57. The van der Waals surface area contributed by atoms with E-state index in [4.69, 9.17) is 26.1 Å². The zero-order chi connectivity index (χ0) is 22.0. The molecule has 1 aromatic heterocycles. The summed E-state index contributed by atoms with van der Waals surface area (Å²) in [6.45, 7) is 1.89. The third-order valence-corrected chi connectivity index (χ3v) is 5.54. The normalized spacial score (nSPS) is 11.2. The van der Waals surface area contributed by atoms with Crippen LogP contribution < -0.4 is 15.0 Å². The molecule has 0 aliphatic rings. The van der Waals surface area contributed by atoms with Crippen LogP contribution in [0, 0.1) is 6.92 Å². The number of hydrogen-bond acceptors (Lipinski definition) is 4. The van der Waals surface area contributed by atoms with Crippen LogP contribution >= 0.6 is 11.6 Å². The van der Waals surface area contributed by atoms with Crippen LogP contribution in [0.15, 0.2) is 65.5 Å². The van der Waals surface area contributed by atoms with Gasteiger partial charge in [0.25, 0.3) is 5.56 Å². The Morgan fingerprint density at radius 1 is 0.935 bits per heavy atom. The smallest absolute Gasteiger partial charge is 0.266 e. The number of hydrogen-bond donors (Lipinski definition) is 0. The van der Waals surface area contributed by atoms with Gasteiger partial charge in [-0.05, 0) is 55.0 Å². The highest BCUT2D eigenvalue weighted by molar-refractivity contribution is 6.31. The van der Waals surface area contributed by atoms with Crippen LogP contribution in [0.5, 0.6) is 11.5 Å². The number of rotatable bonds is 5. The molecule has 6 heteroatoms. The summed E-state index contributed by atoms with van der Waals surface area (Å²) < 4.78 is 12.5. The Morgan fingerprint density at radius 2 is 1.71 bits per heavy atom. The molecule has 0 bridgehead atoms. The fourth-order valence-corrected chi connectivity index (χ4v) is 3.71. The van der Waals surface area contributed by atoms with Gasteiger partial charge in [-0.3, -0.25) is 9.36 Å². The Morgan fingerprint density at radius 3 is 2.48 bits per heavy atom. The average molecular weight is 433 g/mol. The third kappa shape index (κ3) is 3.80. The molecule has 0 saturated carbocycles. The zero-order valence-electron chi connectivity index (χ0n) is 17.4. The molecule has 0 atom stereocenters. The number of fused-ring (bicyclic) bond motifs is 1. The molecule has 3 aromatic carbocycles. The number of methoxy groups -OCH3 is 2. The first kappa shape index (κ1) is 20.7. The predicted molar refractivity (Wildman–Crippen MR) is 126 cm³/mol. The van der Waals surface area contributed by atoms with E-state index < -0.39 is 0 Å². The maximum absolute atomic E-state index is 13.4. The molecule has 0 fully saturated rings. The van der Waals surface area contributed by atoms with Crippen molar-refractivity contribution in [2.45, 2.75) is 6.92 Å². The first-order chi connectivity index (χ1) is 15.0. The molecular formula is C25H21ClN2O3. The highest BCUT2D eigenvalue weighted by Gasteiger charge is 2.14. The highest BCUT2D eigenvalue weighted by atomic mass is 35.5. The lowest BCUT2D eigenvalue weighted by atomic mass is 10.1. The quantitative estimate of drug-likeness (QED) is 0.415. The molecule has 0 N–H and O–H groups in total. The number of nitrogens with zero attached hydrogens (tertiary/aromatic N) is 2. The van der Waals surface area contributed by atoms with Gasteiger partial charge >= 0.3 is 0 Å². The summed E-state index contributed by atoms with van der Waals surface area (Å²) in [5, 5.41) is 1.12. The van der Waals surface area contributed by atoms with E-state index >= 15 is 0 Å². The molecule has 0 unspecified atom stereocenters. The topological polar surface area (TPSA) is 53.3 Å². The van der Waals surface area contributed by atoms with Crippen molar-refractivity contribution in [3.63, 3.8) is 0 Å². The molecule has 0 aliphatic carbocycles. The summed E-state index contributed by atoms with van der Waals surface area (Å²) in [5.41, 5.74) is 2.76. The summed E-state index contributed by atoms with van der Waals surface area (Å²) in [6.07, 6.45) is 3.65. The Balaban J connectivity index is 1.97. The maximum Gasteiger partial charge on any atom is 0.266 e. The number of aromatic nitrogens is 2. The molecule has 0 amide bonds. The Kier molecular flexibility index (Phi) is 5.78. The van der Waals surface area contributed by atoms with Crippen molar-refractivity contribution in [1.29, 1.82) is 0 Å². The standard InChI is InChI=1S/C25H21ClN2O3/c1-16-19(26)10-7-12-21(16)28-23(27-20-11-5-4-9-18(20)25(28)29)15-14-17-8-6-13-22(30-2)24(17)31-3/h4-15H,1-3H3/b15-14+. The van der Waals surface area contributed by atoms with Crippen molar-refractivity contribution in [3.8, 4) is 17.2 Å². The molecule has 156 valence electrons. The molecule has 4 rings (SSSR count). The van der Waals surface area contributed by atoms with Crippen LogP contribution in [0.25, 0.3) is 28.7 Å². The predicted octanol–water partition coefficient (Wildman–Crippen LogP) is 5.54. The average Bonchev–Trinajstić information content (AvgIpc) is 2.79. The van der Waals surface area contributed by atoms with Crippen molar-refractivity contribution < 1.29 is 9.47 Å². The van der Waals surface area contributed by atoms with Crippen molar-refractivity contribution in [3.05, 3.63) is 93.0 Å². The maximum atomic E-state index is 13.4. The molecular weight excluding hydrogens is 412 g/mol. The largest absolute Gasteiger partial charge is 0.493 e. The first-order valence-electron chi connectivity index (χ1n) is 9.71. The first-order valence-corrected chi connectivity index (χ1v) is 10.1. The summed E-state index contributed by atoms with van der Waals surface area (Å²) in [5.74, 6) is 1.72. The monoisotopic (exact) mass is 432 g/mol. The molecule has 0 aliphatic heterocycles. The Labute approximate surface area is 185 Å². The van der Waals surface area contributed by atoms with E-state index in [-0.39, 0.29) is 5.56 Å².